The van der Waals surface area contributed by atoms with Crippen molar-refractivity contribution in [2.45, 2.75) is 38.3 Å². The number of rotatable bonds is 3. The van der Waals surface area contributed by atoms with Crippen molar-refractivity contribution in [1.82, 2.24) is 13.6 Å². The Morgan fingerprint density at radius 2 is 2.08 bits per heavy atom. The summed E-state index contributed by atoms with van der Waals surface area (Å²) in [4.78, 5) is 14.7. The highest BCUT2D eigenvalue weighted by Gasteiger charge is 2.41. The second-order valence-corrected chi connectivity index (χ2v) is 8.70. The number of hydrogen-bond donors (Lipinski definition) is 2. The van der Waals surface area contributed by atoms with Crippen LogP contribution in [0.15, 0.2) is 18.2 Å². The number of benzene rings is 1. The van der Waals surface area contributed by atoms with Crippen LogP contribution in [-0.4, -0.2) is 52.2 Å². The van der Waals surface area contributed by atoms with Crippen LogP contribution in [-0.2, 0) is 28.0 Å². The maximum absolute atomic E-state index is 13.5. The molecule has 0 aliphatic carbocycles. The predicted octanol–water partition coefficient (Wildman–Crippen LogP) is 1.85. The number of H-pyrrole nitrogens is 1. The molecule has 4 rings (SSSR count). The number of nitrogens with one attached hydrogen (secondary N) is 1. The third kappa shape index (κ3) is 2.80. The molecule has 1 atom stereocenters. The zero-order valence-corrected chi connectivity index (χ0v) is 14.9. The van der Waals surface area contributed by atoms with E-state index in [9.17, 15) is 22.7 Å². The fourth-order valence-corrected chi connectivity index (χ4v) is 5.75. The number of halogens is 1. The molecule has 2 aliphatic heterocycles. The number of carbonyl (C=O) groups is 1. The molecule has 7 nitrogen and oxygen atoms in total. The first-order valence-corrected chi connectivity index (χ1v) is 10.1. The minimum absolute atomic E-state index is 0.136. The normalized spacial score (nSPS) is 22.4. The van der Waals surface area contributed by atoms with E-state index in [0.717, 1.165) is 26.5 Å². The van der Waals surface area contributed by atoms with Gasteiger partial charge in [-0.05, 0) is 49.4 Å². The second kappa shape index (κ2) is 6.33. The summed E-state index contributed by atoms with van der Waals surface area (Å²) in [6, 6.07) is 3.46. The van der Waals surface area contributed by atoms with Crippen molar-refractivity contribution in [3.8, 4) is 0 Å². The lowest BCUT2D eigenvalue weighted by Gasteiger charge is -2.37. The van der Waals surface area contributed by atoms with Crippen LogP contribution in [0, 0.1) is 5.82 Å². The van der Waals surface area contributed by atoms with Crippen molar-refractivity contribution >= 4 is 27.1 Å². The summed E-state index contributed by atoms with van der Waals surface area (Å²) in [6.07, 6.45) is 2.16. The third-order valence-corrected chi connectivity index (χ3v) is 7.26. The Bertz CT molecular complexity index is 972. The van der Waals surface area contributed by atoms with Gasteiger partial charge >= 0.3 is 5.97 Å². The summed E-state index contributed by atoms with van der Waals surface area (Å²) in [5.74, 6) is -1.43. The number of aliphatic carboxylic acids is 1. The van der Waals surface area contributed by atoms with Crippen molar-refractivity contribution in [2.75, 3.05) is 13.1 Å². The zero-order chi connectivity index (χ0) is 18.5. The number of aromatic amines is 1. The van der Waals surface area contributed by atoms with Crippen LogP contribution in [0.3, 0.4) is 0 Å². The van der Waals surface area contributed by atoms with E-state index in [-0.39, 0.29) is 25.5 Å². The highest BCUT2D eigenvalue weighted by Crippen LogP contribution is 2.31. The second-order valence-electron chi connectivity index (χ2n) is 6.82. The summed E-state index contributed by atoms with van der Waals surface area (Å²) in [7, 11) is -3.88. The van der Waals surface area contributed by atoms with Crippen molar-refractivity contribution in [2.24, 2.45) is 0 Å². The molecule has 9 heteroatoms. The van der Waals surface area contributed by atoms with E-state index in [1.165, 1.54) is 16.4 Å². The molecule has 2 N–H and O–H groups in total. The van der Waals surface area contributed by atoms with E-state index < -0.39 is 22.2 Å². The minimum atomic E-state index is -3.88. The highest BCUT2D eigenvalue weighted by molar-refractivity contribution is 7.86. The first kappa shape index (κ1) is 17.4. The molecule has 0 saturated carbocycles. The van der Waals surface area contributed by atoms with E-state index in [2.05, 4.69) is 4.98 Å². The first-order chi connectivity index (χ1) is 12.4. The number of fused-ring (bicyclic) bond motifs is 3. The number of piperidine rings is 1. The molecule has 0 bridgehead atoms. The van der Waals surface area contributed by atoms with Crippen LogP contribution in [0.2, 0.25) is 0 Å². The van der Waals surface area contributed by atoms with E-state index in [1.54, 1.807) is 6.07 Å². The van der Waals surface area contributed by atoms with Crippen molar-refractivity contribution in [3.05, 3.63) is 35.3 Å². The third-order valence-electron chi connectivity index (χ3n) is 5.26. The van der Waals surface area contributed by atoms with E-state index >= 15 is 0 Å². The Hall–Kier alpha value is -1.97. The average Bonchev–Trinajstić information content (AvgIpc) is 2.98. The van der Waals surface area contributed by atoms with E-state index in [1.807, 2.05) is 0 Å². The zero-order valence-electron chi connectivity index (χ0n) is 14.1. The lowest BCUT2D eigenvalue weighted by molar-refractivity contribution is -0.142. The molecule has 1 aromatic carbocycles. The molecule has 1 aromatic heterocycles. The summed E-state index contributed by atoms with van der Waals surface area (Å²) < 4.78 is 42.1. The molecule has 140 valence electrons. The van der Waals surface area contributed by atoms with Crippen molar-refractivity contribution in [3.63, 3.8) is 0 Å². The topological polar surface area (TPSA) is 93.7 Å². The number of nitrogens with zero attached hydrogens (tertiary/aromatic N) is 2. The number of hydrogen-bond acceptors (Lipinski definition) is 3. The quantitative estimate of drug-likeness (QED) is 0.848. The van der Waals surface area contributed by atoms with Crippen LogP contribution in [0.5, 0.6) is 0 Å². The number of carboxylic acids is 1. The molecule has 1 saturated heterocycles. The fraction of sp³-hybridized carbons (Fsp3) is 0.471. The monoisotopic (exact) mass is 381 g/mol. The molecule has 26 heavy (non-hydrogen) atoms. The van der Waals surface area contributed by atoms with E-state index in [4.69, 9.17) is 0 Å². The van der Waals surface area contributed by atoms with Gasteiger partial charge in [-0.2, -0.15) is 17.0 Å². The number of aromatic nitrogens is 1. The fourth-order valence-electron chi connectivity index (χ4n) is 3.96. The van der Waals surface area contributed by atoms with Gasteiger partial charge in [0.1, 0.15) is 11.9 Å². The highest BCUT2D eigenvalue weighted by atomic mass is 32.2. The molecule has 0 unspecified atom stereocenters. The first-order valence-electron chi connectivity index (χ1n) is 8.66. The number of carboxylic acid groups (broad SMARTS) is 1. The largest absolute Gasteiger partial charge is 0.480 e. The molecule has 3 heterocycles. The standard InChI is InChI=1S/C17H20FN3O4S/c18-11-4-5-14-13(9-11)12-6-8-20(10-15(12)19-14)26(24,25)21-7-2-1-3-16(21)17(22)23/h4-5,9,16,19H,1-3,6-8,10H2,(H,22,23)/t16-/m1/s1. The lowest BCUT2D eigenvalue weighted by atomic mass is 10.0. The van der Waals surface area contributed by atoms with Gasteiger partial charge in [0.05, 0.1) is 6.54 Å². The maximum Gasteiger partial charge on any atom is 0.322 e. The van der Waals surface area contributed by atoms with Crippen LogP contribution >= 0.6 is 0 Å². The Kier molecular flexibility index (Phi) is 4.25. The molecule has 0 spiro atoms. The van der Waals surface area contributed by atoms with Crippen molar-refractivity contribution < 1.29 is 22.7 Å². The van der Waals surface area contributed by atoms with Gasteiger partial charge < -0.3 is 10.1 Å². The molecule has 1 fully saturated rings. The van der Waals surface area contributed by atoms with Gasteiger partial charge in [0.15, 0.2) is 0 Å². The molecule has 0 radical (unpaired) electrons. The Labute approximate surface area is 150 Å². The average molecular weight is 381 g/mol. The smallest absolute Gasteiger partial charge is 0.322 e. The SMILES string of the molecule is O=C(O)[C@H]1CCCCN1S(=O)(=O)N1CCc2c([nH]c3ccc(F)cc23)C1. The van der Waals surface area contributed by atoms with Gasteiger partial charge in [-0.3, -0.25) is 4.79 Å². The van der Waals surface area contributed by atoms with Gasteiger partial charge in [-0.15, -0.1) is 0 Å². The van der Waals surface area contributed by atoms with Gasteiger partial charge in [0.2, 0.25) is 0 Å². The summed E-state index contributed by atoms with van der Waals surface area (Å²) in [6.45, 7) is 0.610. The molecule has 0 amide bonds. The minimum Gasteiger partial charge on any atom is -0.480 e. The predicted molar refractivity (Wildman–Crippen MR) is 93.3 cm³/mol. The summed E-state index contributed by atoms with van der Waals surface area (Å²) >= 11 is 0. The summed E-state index contributed by atoms with van der Waals surface area (Å²) in [5.41, 5.74) is 2.45. The molecule has 2 aromatic rings. The Morgan fingerprint density at radius 3 is 2.85 bits per heavy atom. The summed E-state index contributed by atoms with van der Waals surface area (Å²) in [5, 5.41) is 10.2. The van der Waals surface area contributed by atoms with Crippen LogP contribution in [0.1, 0.15) is 30.5 Å². The van der Waals surface area contributed by atoms with Crippen LogP contribution < -0.4 is 0 Å². The van der Waals surface area contributed by atoms with Gasteiger partial charge in [0, 0.05) is 29.7 Å². The molecular weight excluding hydrogens is 361 g/mol. The van der Waals surface area contributed by atoms with Crippen LogP contribution in [0.25, 0.3) is 10.9 Å². The molecular formula is C17H20FN3O4S. The van der Waals surface area contributed by atoms with Gasteiger partial charge in [-0.1, -0.05) is 0 Å². The lowest BCUT2D eigenvalue weighted by Crippen LogP contribution is -2.54. The Morgan fingerprint density at radius 1 is 1.27 bits per heavy atom. The van der Waals surface area contributed by atoms with Crippen LogP contribution in [0.4, 0.5) is 4.39 Å². The van der Waals surface area contributed by atoms with Gasteiger partial charge in [0.25, 0.3) is 10.2 Å². The van der Waals surface area contributed by atoms with Gasteiger partial charge in [-0.25, -0.2) is 4.39 Å². The molecule has 2 aliphatic rings. The van der Waals surface area contributed by atoms with Crippen molar-refractivity contribution in [1.29, 1.82) is 0 Å². The maximum atomic E-state index is 13.5. The van der Waals surface area contributed by atoms with E-state index in [0.29, 0.717) is 25.7 Å². The Balaban J connectivity index is 1.65.